The predicted octanol–water partition coefficient (Wildman–Crippen LogP) is 3.83. The van der Waals surface area contributed by atoms with Gasteiger partial charge in [0.25, 0.3) is 0 Å². The number of hydrogen-bond donors (Lipinski definition) is 1. The lowest BCUT2D eigenvalue weighted by Gasteiger charge is -2.21. The summed E-state index contributed by atoms with van der Waals surface area (Å²) in [6.45, 7) is 4.63. The van der Waals surface area contributed by atoms with Crippen molar-refractivity contribution in [3.63, 3.8) is 0 Å². The molecule has 0 aliphatic carbocycles. The van der Waals surface area contributed by atoms with Gasteiger partial charge in [-0.25, -0.2) is 4.39 Å². The third kappa shape index (κ3) is 4.38. The Kier molecular flexibility index (Phi) is 4.68. The molecule has 0 amide bonds. The lowest BCUT2D eigenvalue weighted by molar-refractivity contribution is 0.242. The van der Waals surface area contributed by atoms with Crippen LogP contribution < -0.4 is 15.4 Å². The van der Waals surface area contributed by atoms with E-state index in [0.29, 0.717) is 12.2 Å². The van der Waals surface area contributed by atoms with Gasteiger partial charge >= 0.3 is 0 Å². The average molecular weight is 288 g/mol. The van der Waals surface area contributed by atoms with E-state index in [0.717, 1.165) is 17.0 Å². The lowest BCUT2D eigenvalue weighted by atomic mass is 10.2. The Bertz CT molecular complexity index is 596. The summed E-state index contributed by atoms with van der Waals surface area (Å²) >= 11 is 0. The van der Waals surface area contributed by atoms with Gasteiger partial charge in [0, 0.05) is 37.1 Å². The maximum atomic E-state index is 12.9. The number of anilines is 2. The molecule has 0 unspecified atom stereocenters. The summed E-state index contributed by atoms with van der Waals surface area (Å²) in [4.78, 5) is 2.05. The molecule has 0 atom stereocenters. The molecular weight excluding hydrogens is 267 g/mol. The average Bonchev–Trinajstić information content (AvgIpc) is 2.40. The second-order valence-electron chi connectivity index (χ2n) is 5.41. The summed E-state index contributed by atoms with van der Waals surface area (Å²) in [5, 5.41) is 0. The summed E-state index contributed by atoms with van der Waals surface area (Å²) in [6.07, 6.45) is 0.0991. The monoisotopic (exact) mass is 288 g/mol. The Morgan fingerprint density at radius 2 is 1.81 bits per heavy atom. The van der Waals surface area contributed by atoms with Crippen molar-refractivity contribution in [1.29, 1.82) is 0 Å². The standard InChI is InChI=1S/C17H21FN2O/c1-12(2)21-17-9-15(19)8-16(10-17)20(3)11-13-4-6-14(18)7-5-13/h4-10,12H,11,19H2,1-3H3. The molecule has 0 fully saturated rings. The molecule has 21 heavy (non-hydrogen) atoms. The van der Waals surface area contributed by atoms with E-state index in [1.54, 1.807) is 12.1 Å². The minimum Gasteiger partial charge on any atom is -0.491 e. The quantitative estimate of drug-likeness (QED) is 0.850. The number of nitrogens with two attached hydrogens (primary N) is 1. The summed E-state index contributed by atoms with van der Waals surface area (Å²) in [7, 11) is 1.97. The van der Waals surface area contributed by atoms with E-state index in [2.05, 4.69) is 4.90 Å². The molecule has 2 N–H and O–H groups in total. The number of nitrogen functional groups attached to an aromatic ring is 1. The molecule has 2 aromatic rings. The van der Waals surface area contributed by atoms with Gasteiger partial charge in [-0.05, 0) is 37.6 Å². The number of benzene rings is 2. The van der Waals surface area contributed by atoms with Gasteiger partial charge in [0.15, 0.2) is 0 Å². The zero-order valence-corrected chi connectivity index (χ0v) is 12.6. The molecule has 0 bridgehead atoms. The summed E-state index contributed by atoms with van der Waals surface area (Å²) in [5.41, 5.74) is 8.59. The predicted molar refractivity (Wildman–Crippen MR) is 85.1 cm³/mol. The molecule has 0 saturated carbocycles. The Hall–Kier alpha value is -2.23. The van der Waals surface area contributed by atoms with Crippen LogP contribution in [0.3, 0.4) is 0 Å². The molecule has 3 nitrogen and oxygen atoms in total. The highest BCUT2D eigenvalue weighted by Crippen LogP contribution is 2.26. The minimum absolute atomic E-state index is 0.0991. The number of hydrogen-bond acceptors (Lipinski definition) is 3. The Labute approximate surface area is 125 Å². The summed E-state index contributed by atoms with van der Waals surface area (Å²) in [6, 6.07) is 12.2. The Morgan fingerprint density at radius 3 is 2.43 bits per heavy atom. The van der Waals surface area contributed by atoms with Crippen molar-refractivity contribution in [1.82, 2.24) is 0 Å². The highest BCUT2D eigenvalue weighted by atomic mass is 19.1. The van der Waals surface area contributed by atoms with Gasteiger partial charge in [0.2, 0.25) is 0 Å². The van der Waals surface area contributed by atoms with Gasteiger partial charge in [-0.1, -0.05) is 12.1 Å². The molecule has 0 aliphatic heterocycles. The normalized spacial score (nSPS) is 10.7. The minimum atomic E-state index is -0.224. The molecule has 0 radical (unpaired) electrons. The molecule has 0 aliphatic rings. The first kappa shape index (κ1) is 15.2. The van der Waals surface area contributed by atoms with Crippen LogP contribution in [0.1, 0.15) is 19.4 Å². The van der Waals surface area contributed by atoms with E-state index in [-0.39, 0.29) is 11.9 Å². The molecule has 0 aromatic heterocycles. The van der Waals surface area contributed by atoms with Gasteiger partial charge < -0.3 is 15.4 Å². The van der Waals surface area contributed by atoms with Crippen LogP contribution in [-0.2, 0) is 6.54 Å². The largest absolute Gasteiger partial charge is 0.491 e. The molecule has 2 aromatic carbocycles. The second-order valence-corrected chi connectivity index (χ2v) is 5.41. The highest BCUT2D eigenvalue weighted by Gasteiger charge is 2.07. The third-order valence-corrected chi connectivity index (χ3v) is 3.06. The first-order valence-electron chi connectivity index (χ1n) is 6.97. The number of halogens is 1. The molecule has 112 valence electrons. The van der Waals surface area contributed by atoms with Crippen LogP contribution in [0.5, 0.6) is 5.75 Å². The van der Waals surface area contributed by atoms with E-state index in [4.69, 9.17) is 10.5 Å². The molecule has 4 heteroatoms. The molecule has 2 rings (SSSR count). The van der Waals surface area contributed by atoms with Gasteiger partial charge in [-0.15, -0.1) is 0 Å². The Morgan fingerprint density at radius 1 is 1.14 bits per heavy atom. The fraction of sp³-hybridized carbons (Fsp3) is 0.294. The van der Waals surface area contributed by atoms with Crippen LogP contribution in [0, 0.1) is 5.82 Å². The maximum Gasteiger partial charge on any atom is 0.123 e. The highest BCUT2D eigenvalue weighted by molar-refractivity contribution is 5.60. The third-order valence-electron chi connectivity index (χ3n) is 3.06. The van der Waals surface area contributed by atoms with Crippen LogP contribution >= 0.6 is 0 Å². The number of nitrogens with zero attached hydrogens (tertiary/aromatic N) is 1. The summed E-state index contributed by atoms with van der Waals surface area (Å²) in [5.74, 6) is 0.531. The topological polar surface area (TPSA) is 38.5 Å². The van der Waals surface area contributed by atoms with Gasteiger partial charge in [-0.3, -0.25) is 0 Å². The number of ether oxygens (including phenoxy) is 1. The van der Waals surface area contributed by atoms with Crippen molar-refractivity contribution >= 4 is 11.4 Å². The number of rotatable bonds is 5. The maximum absolute atomic E-state index is 12.9. The van der Waals surface area contributed by atoms with E-state index >= 15 is 0 Å². The fourth-order valence-corrected chi connectivity index (χ4v) is 2.12. The van der Waals surface area contributed by atoms with Crippen molar-refractivity contribution in [2.75, 3.05) is 17.7 Å². The fourth-order valence-electron chi connectivity index (χ4n) is 2.12. The van der Waals surface area contributed by atoms with Crippen molar-refractivity contribution < 1.29 is 9.13 Å². The molecular formula is C17H21FN2O. The van der Waals surface area contributed by atoms with E-state index in [9.17, 15) is 4.39 Å². The van der Waals surface area contributed by atoms with E-state index < -0.39 is 0 Å². The first-order valence-corrected chi connectivity index (χ1v) is 6.97. The zero-order chi connectivity index (χ0) is 15.4. The van der Waals surface area contributed by atoms with Gasteiger partial charge in [-0.2, -0.15) is 0 Å². The van der Waals surface area contributed by atoms with E-state index in [1.165, 1.54) is 12.1 Å². The molecule has 0 saturated heterocycles. The Balaban J connectivity index is 2.16. The smallest absolute Gasteiger partial charge is 0.123 e. The van der Waals surface area contributed by atoms with Crippen LogP contribution in [-0.4, -0.2) is 13.2 Å². The first-order chi connectivity index (χ1) is 9.94. The van der Waals surface area contributed by atoms with Crippen molar-refractivity contribution in [2.45, 2.75) is 26.5 Å². The van der Waals surface area contributed by atoms with Gasteiger partial charge in [0.05, 0.1) is 6.10 Å². The van der Waals surface area contributed by atoms with Gasteiger partial charge in [0.1, 0.15) is 11.6 Å². The second kappa shape index (κ2) is 6.48. The lowest BCUT2D eigenvalue weighted by Crippen LogP contribution is -2.17. The van der Waals surface area contributed by atoms with E-state index in [1.807, 2.05) is 39.1 Å². The van der Waals surface area contributed by atoms with Crippen LogP contribution in [0.2, 0.25) is 0 Å². The SMILES string of the molecule is CC(C)Oc1cc(N)cc(N(C)Cc2ccc(F)cc2)c1. The summed E-state index contributed by atoms with van der Waals surface area (Å²) < 4.78 is 18.6. The van der Waals surface area contributed by atoms with Crippen molar-refractivity contribution in [2.24, 2.45) is 0 Å². The van der Waals surface area contributed by atoms with Crippen molar-refractivity contribution in [3.8, 4) is 5.75 Å². The molecule has 0 spiro atoms. The molecule has 0 heterocycles. The van der Waals surface area contributed by atoms with Crippen molar-refractivity contribution in [3.05, 3.63) is 53.8 Å². The van der Waals surface area contributed by atoms with Crippen LogP contribution in [0.15, 0.2) is 42.5 Å². The van der Waals surface area contributed by atoms with Crippen LogP contribution in [0.4, 0.5) is 15.8 Å². The zero-order valence-electron chi connectivity index (χ0n) is 12.6. The van der Waals surface area contributed by atoms with Crippen LogP contribution in [0.25, 0.3) is 0 Å².